The van der Waals surface area contributed by atoms with Gasteiger partial charge >= 0.3 is 17.9 Å². The second-order valence-corrected chi connectivity index (χ2v) is 11.8. The summed E-state index contributed by atoms with van der Waals surface area (Å²) in [6.07, 6.45) is 0.130. The number of carbonyl (C=O) groups is 3. The van der Waals surface area contributed by atoms with Crippen LogP contribution in [0, 0.1) is 10.8 Å². The highest BCUT2D eigenvalue weighted by atomic mass is 32.1. The molecule has 13 heteroatoms. The molecule has 0 fully saturated rings. The van der Waals surface area contributed by atoms with Gasteiger partial charge in [-0.2, -0.15) is 37.9 Å². The molecule has 206 valence electrons. The molecule has 0 heterocycles. The molecule has 0 saturated carbocycles. The summed E-state index contributed by atoms with van der Waals surface area (Å²) in [6, 6.07) is 0. The standard InChI is InChI=1S/C22H40O10S3/c1-15(33)4-18(26)30-12-21(7-23,8-24)10-29-11-22(9-25,13-31-19(27)5-16(2)34)14-32-20(28)6-17(3)35/h15-17,23-25,33-35H,4-14H2,1-3H3. The highest BCUT2D eigenvalue weighted by Gasteiger charge is 2.37. The number of esters is 3. The molecule has 35 heavy (non-hydrogen) atoms. The van der Waals surface area contributed by atoms with E-state index in [1.807, 2.05) is 0 Å². The van der Waals surface area contributed by atoms with E-state index in [1.165, 1.54) is 0 Å². The van der Waals surface area contributed by atoms with E-state index in [9.17, 15) is 29.7 Å². The van der Waals surface area contributed by atoms with E-state index in [0.29, 0.717) is 0 Å². The lowest BCUT2D eigenvalue weighted by atomic mass is 9.90. The molecular formula is C22H40O10S3. The Morgan fingerprint density at radius 3 is 1.17 bits per heavy atom. The number of aliphatic hydroxyl groups excluding tert-OH is 3. The predicted octanol–water partition coefficient (Wildman–Crippen LogP) is 0.707. The number of aliphatic hydroxyl groups is 3. The zero-order valence-corrected chi connectivity index (χ0v) is 23.2. The molecule has 3 N–H and O–H groups in total. The van der Waals surface area contributed by atoms with E-state index in [1.54, 1.807) is 20.8 Å². The van der Waals surface area contributed by atoms with Crippen molar-refractivity contribution in [3.8, 4) is 0 Å². The first kappa shape index (κ1) is 34.3. The largest absolute Gasteiger partial charge is 0.465 e. The highest BCUT2D eigenvalue weighted by Crippen LogP contribution is 2.24. The van der Waals surface area contributed by atoms with Crippen molar-refractivity contribution < 1.29 is 48.7 Å². The minimum absolute atomic E-state index is 0.0385. The fourth-order valence-electron chi connectivity index (χ4n) is 2.62. The van der Waals surface area contributed by atoms with E-state index < -0.39 is 48.6 Å². The molecule has 10 nitrogen and oxygen atoms in total. The van der Waals surface area contributed by atoms with Crippen molar-refractivity contribution in [3.63, 3.8) is 0 Å². The second kappa shape index (κ2) is 17.7. The summed E-state index contributed by atoms with van der Waals surface area (Å²) >= 11 is 12.4. The van der Waals surface area contributed by atoms with Gasteiger partial charge in [0.2, 0.25) is 0 Å². The Bertz CT molecular complexity index is 613. The normalized spacial score (nSPS) is 16.0. The molecule has 0 aromatic carbocycles. The van der Waals surface area contributed by atoms with Gasteiger partial charge in [-0.25, -0.2) is 0 Å². The van der Waals surface area contributed by atoms with E-state index in [0.717, 1.165) is 0 Å². The molecule has 0 bridgehead atoms. The molecule has 0 aliphatic carbocycles. The van der Waals surface area contributed by atoms with Crippen LogP contribution in [0.25, 0.3) is 0 Å². The molecule has 3 atom stereocenters. The number of ether oxygens (including phenoxy) is 4. The lowest BCUT2D eigenvalue weighted by Gasteiger charge is -2.34. The van der Waals surface area contributed by atoms with Crippen LogP contribution in [-0.2, 0) is 33.3 Å². The van der Waals surface area contributed by atoms with Crippen molar-refractivity contribution in [2.75, 3.05) is 52.9 Å². The van der Waals surface area contributed by atoms with Gasteiger partial charge in [-0.05, 0) is 0 Å². The van der Waals surface area contributed by atoms with Gasteiger partial charge in [-0.1, -0.05) is 20.8 Å². The van der Waals surface area contributed by atoms with Crippen LogP contribution in [0.1, 0.15) is 40.0 Å². The van der Waals surface area contributed by atoms with Crippen molar-refractivity contribution >= 4 is 55.8 Å². The molecule has 0 rings (SSSR count). The highest BCUT2D eigenvalue weighted by molar-refractivity contribution is 7.81. The van der Waals surface area contributed by atoms with Gasteiger partial charge in [-0.15, -0.1) is 0 Å². The minimum Gasteiger partial charge on any atom is -0.465 e. The Kier molecular flexibility index (Phi) is 17.3. The van der Waals surface area contributed by atoms with Crippen LogP contribution >= 0.6 is 37.9 Å². The Morgan fingerprint density at radius 1 is 0.600 bits per heavy atom. The van der Waals surface area contributed by atoms with E-state index >= 15 is 0 Å². The van der Waals surface area contributed by atoms with Crippen molar-refractivity contribution in [1.82, 2.24) is 0 Å². The van der Waals surface area contributed by atoms with Gasteiger partial charge in [0.25, 0.3) is 0 Å². The third-order valence-corrected chi connectivity index (χ3v) is 5.37. The SMILES string of the molecule is CC(S)CC(=O)OCC(CO)(CO)COCC(CO)(COC(=O)CC(C)S)COC(=O)CC(C)S. The van der Waals surface area contributed by atoms with Gasteiger partial charge in [0.1, 0.15) is 19.8 Å². The third kappa shape index (κ3) is 15.2. The van der Waals surface area contributed by atoms with Crippen LogP contribution in [0.2, 0.25) is 0 Å². The monoisotopic (exact) mass is 560 g/mol. The fraction of sp³-hybridized carbons (Fsp3) is 0.864. The second-order valence-electron chi connectivity index (χ2n) is 9.11. The number of rotatable bonds is 19. The number of thiol groups is 3. The Morgan fingerprint density at radius 2 is 0.886 bits per heavy atom. The van der Waals surface area contributed by atoms with E-state index in [-0.39, 0.29) is 68.0 Å². The first-order valence-electron chi connectivity index (χ1n) is 11.2. The molecule has 0 aromatic heterocycles. The van der Waals surface area contributed by atoms with E-state index in [4.69, 9.17) is 18.9 Å². The summed E-state index contributed by atoms with van der Waals surface area (Å²) in [5.74, 6) is -1.64. The Labute approximate surface area is 223 Å². The van der Waals surface area contributed by atoms with Crippen molar-refractivity contribution in [3.05, 3.63) is 0 Å². The van der Waals surface area contributed by atoms with Crippen LogP contribution in [-0.4, -0.2) is 102 Å². The summed E-state index contributed by atoms with van der Waals surface area (Å²) in [5, 5.41) is 29.1. The summed E-state index contributed by atoms with van der Waals surface area (Å²) in [7, 11) is 0. The van der Waals surface area contributed by atoms with E-state index in [2.05, 4.69) is 37.9 Å². The van der Waals surface area contributed by atoms with Crippen LogP contribution in [0.15, 0.2) is 0 Å². The lowest BCUT2D eigenvalue weighted by molar-refractivity contribution is -0.164. The Hall–Kier alpha value is -0.700. The van der Waals surface area contributed by atoms with Crippen LogP contribution in [0.5, 0.6) is 0 Å². The van der Waals surface area contributed by atoms with Crippen LogP contribution in [0.3, 0.4) is 0 Å². The molecule has 0 spiro atoms. The summed E-state index contributed by atoms with van der Waals surface area (Å²) < 4.78 is 21.4. The summed E-state index contributed by atoms with van der Waals surface area (Å²) in [5.41, 5.74) is -2.62. The molecular weight excluding hydrogens is 520 g/mol. The van der Waals surface area contributed by atoms with Gasteiger partial charge in [0.15, 0.2) is 0 Å². The summed E-state index contributed by atoms with van der Waals surface area (Å²) in [6.45, 7) is 2.07. The van der Waals surface area contributed by atoms with Crippen molar-refractivity contribution in [2.45, 2.75) is 55.8 Å². The number of hydrogen-bond donors (Lipinski definition) is 6. The average Bonchev–Trinajstić information content (AvgIpc) is 2.76. The number of hydrogen-bond acceptors (Lipinski definition) is 13. The zero-order chi connectivity index (χ0) is 27.1. The molecule has 0 aliphatic heterocycles. The van der Waals surface area contributed by atoms with Gasteiger partial charge in [0, 0.05) is 15.7 Å². The van der Waals surface area contributed by atoms with Gasteiger partial charge < -0.3 is 34.3 Å². The molecule has 0 aromatic rings. The van der Waals surface area contributed by atoms with Gasteiger partial charge in [-0.3, -0.25) is 14.4 Å². The Balaban J connectivity index is 5.30. The maximum atomic E-state index is 12.0. The first-order chi connectivity index (χ1) is 16.3. The molecule has 0 saturated heterocycles. The van der Waals surface area contributed by atoms with Crippen LogP contribution in [0.4, 0.5) is 0 Å². The third-order valence-electron chi connectivity index (χ3n) is 4.83. The lowest BCUT2D eigenvalue weighted by Crippen LogP contribution is -2.45. The smallest absolute Gasteiger partial charge is 0.306 e. The van der Waals surface area contributed by atoms with Crippen LogP contribution < -0.4 is 0 Å². The molecule has 0 amide bonds. The van der Waals surface area contributed by atoms with Crippen molar-refractivity contribution in [1.29, 1.82) is 0 Å². The molecule has 3 unspecified atom stereocenters. The molecule has 0 aliphatic rings. The number of carbonyl (C=O) groups excluding carboxylic acids is 3. The first-order valence-corrected chi connectivity index (χ1v) is 12.8. The minimum atomic E-state index is -1.31. The molecule has 0 radical (unpaired) electrons. The zero-order valence-electron chi connectivity index (χ0n) is 20.6. The maximum Gasteiger partial charge on any atom is 0.306 e. The van der Waals surface area contributed by atoms with Crippen molar-refractivity contribution in [2.24, 2.45) is 10.8 Å². The fourth-order valence-corrected chi connectivity index (χ4v) is 3.07. The average molecular weight is 561 g/mol. The van der Waals surface area contributed by atoms with Gasteiger partial charge in [0.05, 0.1) is 63.1 Å². The maximum absolute atomic E-state index is 12.0. The topological polar surface area (TPSA) is 149 Å². The summed E-state index contributed by atoms with van der Waals surface area (Å²) in [4.78, 5) is 35.9. The quantitative estimate of drug-likeness (QED) is 0.0758. The predicted molar refractivity (Wildman–Crippen MR) is 139 cm³/mol.